The third-order valence-corrected chi connectivity index (χ3v) is 7.83. The molecule has 4 rings (SSSR count). The number of fused-ring (bicyclic) bond motifs is 1. The molecule has 0 saturated carbocycles. The number of sulfone groups is 1. The molecule has 0 aliphatic rings. The lowest BCUT2D eigenvalue weighted by molar-refractivity contribution is -0.137. The number of aromatic nitrogens is 1. The third kappa shape index (κ3) is 6.77. The molecule has 220 valence electrons. The number of amides is 1. The number of halogens is 1. The van der Waals surface area contributed by atoms with Gasteiger partial charge in [0.25, 0.3) is 0 Å². The summed E-state index contributed by atoms with van der Waals surface area (Å²) in [4.78, 5) is 29.7. The normalized spacial score (nSPS) is 12.9. The number of ether oxygens (including phenoxy) is 1. The number of hydrogen-bond donors (Lipinski definition) is 4. The van der Waals surface area contributed by atoms with Gasteiger partial charge in [-0.2, -0.15) is 0 Å². The molecule has 2 atom stereocenters. The van der Waals surface area contributed by atoms with Gasteiger partial charge in [0.1, 0.15) is 23.4 Å². The zero-order valence-corrected chi connectivity index (χ0v) is 24.0. The average molecular weight is 595 g/mol. The number of nitrogens with zero attached hydrogens (tertiary/aromatic N) is 1. The molecule has 0 fully saturated rings. The van der Waals surface area contributed by atoms with Crippen LogP contribution in [-0.2, 0) is 19.4 Å². The van der Waals surface area contributed by atoms with Gasteiger partial charge in [0.05, 0.1) is 24.0 Å². The van der Waals surface area contributed by atoms with Crippen LogP contribution in [0.4, 0.5) is 15.9 Å². The van der Waals surface area contributed by atoms with E-state index in [1.165, 1.54) is 36.5 Å². The Hall–Kier alpha value is -4.71. The van der Waals surface area contributed by atoms with Crippen LogP contribution in [0.15, 0.2) is 71.8 Å². The minimum Gasteiger partial charge on any atom is -0.494 e. The van der Waals surface area contributed by atoms with Crippen LogP contribution in [0.5, 0.6) is 5.75 Å². The summed E-state index contributed by atoms with van der Waals surface area (Å²) in [5, 5.41) is 16.7. The van der Waals surface area contributed by atoms with E-state index in [1.54, 1.807) is 44.2 Å². The van der Waals surface area contributed by atoms with Crippen molar-refractivity contribution in [2.24, 2.45) is 0 Å². The molecule has 0 aliphatic heterocycles. The number of rotatable bonds is 11. The molecular weight excluding hydrogens is 563 g/mol. The monoisotopic (exact) mass is 594 g/mol. The van der Waals surface area contributed by atoms with Gasteiger partial charge in [-0.05, 0) is 72.8 Å². The Bertz CT molecular complexity index is 1760. The van der Waals surface area contributed by atoms with Crippen LogP contribution in [0.25, 0.3) is 10.8 Å². The molecule has 10 nitrogen and oxygen atoms in total. The van der Waals surface area contributed by atoms with Gasteiger partial charge in [-0.15, -0.1) is 0 Å². The fourth-order valence-electron chi connectivity index (χ4n) is 4.72. The van der Waals surface area contributed by atoms with Crippen molar-refractivity contribution in [3.8, 4) is 5.75 Å². The molecular formula is C30H31FN4O6S. The second-order valence-electron chi connectivity index (χ2n) is 9.75. The Morgan fingerprint density at radius 1 is 1.10 bits per heavy atom. The maximum atomic E-state index is 15.5. The molecule has 5 N–H and O–H groups in total. The highest BCUT2D eigenvalue weighted by molar-refractivity contribution is 7.90. The molecule has 0 saturated heterocycles. The number of benzene rings is 3. The van der Waals surface area contributed by atoms with Crippen LogP contribution in [0, 0.1) is 12.7 Å². The highest BCUT2D eigenvalue weighted by atomic mass is 32.2. The molecule has 0 aliphatic carbocycles. The molecule has 1 aromatic heterocycles. The number of carboxylic acid groups (broad SMARTS) is 1. The summed E-state index contributed by atoms with van der Waals surface area (Å²) < 4.78 is 46.1. The average Bonchev–Trinajstić information content (AvgIpc) is 2.92. The van der Waals surface area contributed by atoms with Crippen molar-refractivity contribution < 1.29 is 32.2 Å². The number of nitrogens with one attached hydrogen (secondary N) is 2. The number of carbonyl (C=O) groups is 2. The first kappa shape index (κ1) is 30.3. The van der Waals surface area contributed by atoms with Crippen molar-refractivity contribution in [1.82, 2.24) is 10.3 Å². The van der Waals surface area contributed by atoms with E-state index in [0.29, 0.717) is 34.8 Å². The van der Waals surface area contributed by atoms with Gasteiger partial charge >= 0.3 is 5.97 Å². The van der Waals surface area contributed by atoms with Crippen LogP contribution in [-0.4, -0.2) is 43.2 Å². The van der Waals surface area contributed by atoms with Gasteiger partial charge < -0.3 is 26.2 Å². The van der Waals surface area contributed by atoms with Crippen molar-refractivity contribution in [2.75, 3.05) is 23.9 Å². The Morgan fingerprint density at radius 2 is 1.83 bits per heavy atom. The Kier molecular flexibility index (Phi) is 8.96. The minimum atomic E-state index is -3.77. The molecule has 3 aromatic carbocycles. The quantitative estimate of drug-likeness (QED) is 0.195. The number of pyridine rings is 1. The molecule has 1 heterocycles. The van der Waals surface area contributed by atoms with Crippen molar-refractivity contribution in [1.29, 1.82) is 0 Å². The number of anilines is 2. The zero-order valence-electron chi connectivity index (χ0n) is 23.2. The topological polar surface area (TPSA) is 161 Å². The summed E-state index contributed by atoms with van der Waals surface area (Å²) >= 11 is 0. The first-order chi connectivity index (χ1) is 19.9. The van der Waals surface area contributed by atoms with Gasteiger partial charge in [0, 0.05) is 29.1 Å². The Morgan fingerprint density at radius 3 is 2.52 bits per heavy atom. The standard InChI is InChI=1S/C30H31FN4O6S/c1-4-41-25-15-22(23(31)13-17(25)2)28(34-19-9-10-20-18(14-19)11-12-33-29(20)32)30(38)35-24(16-27(36)37)21-7-5-6-8-26(21)42(3,39)40/h5-15,24,28,34H,4,16H2,1-3H3,(H2,32,33)(H,35,38)(H,36,37)/t24-,28-/m1/s1. The predicted octanol–water partition coefficient (Wildman–Crippen LogP) is 4.55. The third-order valence-electron chi connectivity index (χ3n) is 6.66. The summed E-state index contributed by atoms with van der Waals surface area (Å²) in [5.41, 5.74) is 6.98. The van der Waals surface area contributed by atoms with E-state index in [0.717, 1.165) is 11.6 Å². The SMILES string of the molecule is CCOc1cc([C@@H](Nc2ccc3c(N)nccc3c2)C(=O)N[C@H](CC(=O)O)c2ccccc2S(C)(=O)=O)c(F)cc1C. The molecule has 12 heteroatoms. The van der Waals surface area contributed by atoms with Crippen LogP contribution in [0.2, 0.25) is 0 Å². The number of aryl methyl sites for hydroxylation is 1. The number of aliphatic carboxylic acids is 1. The molecule has 4 aromatic rings. The number of hydrogen-bond acceptors (Lipinski definition) is 8. The highest BCUT2D eigenvalue weighted by Gasteiger charge is 2.30. The summed E-state index contributed by atoms with van der Waals surface area (Å²) in [6.45, 7) is 3.75. The summed E-state index contributed by atoms with van der Waals surface area (Å²) in [7, 11) is -3.77. The van der Waals surface area contributed by atoms with Gasteiger partial charge in [0.15, 0.2) is 9.84 Å². The maximum Gasteiger partial charge on any atom is 0.305 e. The van der Waals surface area contributed by atoms with Gasteiger partial charge in [-0.1, -0.05) is 18.2 Å². The van der Waals surface area contributed by atoms with Crippen molar-refractivity contribution >= 4 is 44.0 Å². The molecule has 0 unspecified atom stereocenters. The lowest BCUT2D eigenvalue weighted by Crippen LogP contribution is -2.38. The van der Waals surface area contributed by atoms with E-state index in [1.807, 2.05) is 0 Å². The first-order valence-electron chi connectivity index (χ1n) is 13.0. The Labute approximate surface area is 242 Å². The second-order valence-corrected chi connectivity index (χ2v) is 11.7. The van der Waals surface area contributed by atoms with Crippen LogP contribution >= 0.6 is 0 Å². The van der Waals surface area contributed by atoms with Gasteiger partial charge in [0.2, 0.25) is 5.91 Å². The predicted molar refractivity (Wildman–Crippen MR) is 158 cm³/mol. The van der Waals surface area contributed by atoms with Crippen molar-refractivity contribution in [2.45, 2.75) is 37.2 Å². The molecule has 0 radical (unpaired) electrons. The fourth-order valence-corrected chi connectivity index (χ4v) is 5.68. The summed E-state index contributed by atoms with van der Waals surface area (Å²) in [6, 6.07) is 12.7. The summed E-state index contributed by atoms with van der Waals surface area (Å²) in [6.07, 6.45) is 1.91. The molecule has 1 amide bonds. The number of carboxylic acids is 1. The largest absolute Gasteiger partial charge is 0.494 e. The zero-order chi connectivity index (χ0) is 30.6. The second kappa shape index (κ2) is 12.4. The van der Waals surface area contributed by atoms with Crippen LogP contribution in [0.1, 0.15) is 42.1 Å². The van der Waals surface area contributed by atoms with E-state index in [4.69, 9.17) is 10.5 Å². The minimum absolute atomic E-state index is 0.0543. The van der Waals surface area contributed by atoms with E-state index >= 15 is 4.39 Å². The lowest BCUT2D eigenvalue weighted by Gasteiger charge is -2.26. The first-order valence-corrected chi connectivity index (χ1v) is 14.9. The summed E-state index contributed by atoms with van der Waals surface area (Å²) in [5.74, 6) is -2.06. The van der Waals surface area contributed by atoms with Crippen LogP contribution in [0.3, 0.4) is 0 Å². The smallest absolute Gasteiger partial charge is 0.305 e. The molecule has 0 bridgehead atoms. The number of nitrogen functional groups attached to an aromatic ring is 1. The van der Waals surface area contributed by atoms with Crippen LogP contribution < -0.4 is 21.1 Å². The van der Waals surface area contributed by atoms with Gasteiger partial charge in [-0.25, -0.2) is 17.8 Å². The number of carbonyl (C=O) groups excluding carboxylic acids is 1. The van der Waals surface area contributed by atoms with E-state index < -0.39 is 46.0 Å². The van der Waals surface area contributed by atoms with E-state index in [-0.39, 0.29) is 16.0 Å². The molecule has 0 spiro atoms. The van der Waals surface area contributed by atoms with E-state index in [9.17, 15) is 23.1 Å². The van der Waals surface area contributed by atoms with Gasteiger partial charge in [-0.3, -0.25) is 9.59 Å². The Balaban J connectivity index is 1.81. The van der Waals surface area contributed by atoms with E-state index in [2.05, 4.69) is 15.6 Å². The maximum absolute atomic E-state index is 15.5. The highest BCUT2D eigenvalue weighted by Crippen LogP contribution is 2.32. The number of nitrogens with two attached hydrogens (primary N) is 1. The fraction of sp³-hybridized carbons (Fsp3) is 0.233. The van der Waals surface area contributed by atoms with Crippen molar-refractivity contribution in [3.63, 3.8) is 0 Å². The lowest BCUT2D eigenvalue weighted by atomic mass is 9.99. The molecule has 42 heavy (non-hydrogen) atoms. The van der Waals surface area contributed by atoms with Crippen molar-refractivity contribution in [3.05, 3.63) is 89.4 Å².